The van der Waals surface area contributed by atoms with Gasteiger partial charge < -0.3 is 15.5 Å². The summed E-state index contributed by atoms with van der Waals surface area (Å²) in [5.74, 6) is 0.252. The van der Waals surface area contributed by atoms with Crippen LogP contribution >= 0.6 is 27.5 Å². The van der Waals surface area contributed by atoms with Crippen LogP contribution in [0.4, 0.5) is 5.69 Å². The lowest BCUT2D eigenvalue weighted by atomic mass is 10.1. The molecule has 3 nitrogen and oxygen atoms in total. The van der Waals surface area contributed by atoms with Crippen LogP contribution in [0.15, 0.2) is 40.9 Å². The topological polar surface area (TPSA) is 52.5 Å². The second kappa shape index (κ2) is 5.72. The van der Waals surface area contributed by atoms with Crippen molar-refractivity contribution >= 4 is 33.2 Å². The fourth-order valence-electron chi connectivity index (χ4n) is 1.81. The monoisotopic (exact) mass is 341 g/mol. The number of rotatable bonds is 3. The molecule has 0 bridgehead atoms. The first kappa shape index (κ1) is 14.0. The zero-order valence-electron chi connectivity index (χ0n) is 10.2. The molecule has 0 heterocycles. The third-order valence-electron chi connectivity index (χ3n) is 2.78. The van der Waals surface area contributed by atoms with E-state index in [0.29, 0.717) is 10.6 Å². The second-order valence-electron chi connectivity index (χ2n) is 4.23. The van der Waals surface area contributed by atoms with Crippen LogP contribution in [0.3, 0.4) is 0 Å². The number of phenolic OH excluding ortho intramolecular Hbond substituents is 2. The van der Waals surface area contributed by atoms with Crippen molar-refractivity contribution in [2.45, 2.75) is 13.0 Å². The van der Waals surface area contributed by atoms with Crippen molar-refractivity contribution in [3.63, 3.8) is 0 Å². The lowest BCUT2D eigenvalue weighted by molar-refractivity contribution is 0.451. The van der Waals surface area contributed by atoms with Gasteiger partial charge >= 0.3 is 0 Å². The molecule has 0 saturated carbocycles. The molecular weight excluding hydrogens is 330 g/mol. The molecule has 0 saturated heterocycles. The molecule has 1 unspecified atom stereocenters. The van der Waals surface area contributed by atoms with Crippen LogP contribution in [0.25, 0.3) is 0 Å². The van der Waals surface area contributed by atoms with Crippen molar-refractivity contribution in [1.82, 2.24) is 0 Å². The molecule has 0 aliphatic heterocycles. The summed E-state index contributed by atoms with van der Waals surface area (Å²) in [4.78, 5) is 0. The third kappa shape index (κ3) is 3.33. The predicted octanol–water partition coefficient (Wildman–Crippen LogP) is 4.69. The SMILES string of the molecule is CC(Nc1cc(Cl)ccc1Br)c1cc(O)ccc1O. The molecule has 0 amide bonds. The van der Waals surface area contributed by atoms with E-state index in [9.17, 15) is 10.2 Å². The summed E-state index contributed by atoms with van der Waals surface area (Å²) in [7, 11) is 0. The first-order chi connectivity index (χ1) is 8.97. The predicted molar refractivity (Wildman–Crippen MR) is 81.0 cm³/mol. The van der Waals surface area contributed by atoms with Crippen LogP contribution in [0, 0.1) is 0 Å². The van der Waals surface area contributed by atoms with Crippen LogP contribution in [-0.4, -0.2) is 10.2 Å². The zero-order valence-corrected chi connectivity index (χ0v) is 12.5. The van der Waals surface area contributed by atoms with Gasteiger partial charge in [-0.05, 0) is 59.3 Å². The summed E-state index contributed by atoms with van der Waals surface area (Å²) in [6, 6.07) is 9.69. The summed E-state index contributed by atoms with van der Waals surface area (Å²) >= 11 is 9.38. The zero-order chi connectivity index (χ0) is 14.0. The number of phenols is 2. The number of halogens is 2. The van der Waals surface area contributed by atoms with Crippen LogP contribution < -0.4 is 5.32 Å². The van der Waals surface area contributed by atoms with Gasteiger partial charge in [-0.15, -0.1) is 0 Å². The molecule has 0 spiro atoms. The minimum atomic E-state index is -0.179. The maximum atomic E-state index is 9.82. The molecule has 19 heavy (non-hydrogen) atoms. The van der Waals surface area contributed by atoms with E-state index in [1.54, 1.807) is 12.1 Å². The van der Waals surface area contributed by atoms with Crippen molar-refractivity contribution in [2.75, 3.05) is 5.32 Å². The molecule has 0 aromatic heterocycles. The summed E-state index contributed by atoms with van der Waals surface area (Å²) in [5, 5.41) is 23.2. The van der Waals surface area contributed by atoms with E-state index in [1.807, 2.05) is 13.0 Å². The Morgan fingerprint density at radius 1 is 1.16 bits per heavy atom. The number of hydrogen-bond donors (Lipinski definition) is 3. The van der Waals surface area contributed by atoms with Gasteiger partial charge in [-0.2, -0.15) is 0 Å². The van der Waals surface area contributed by atoms with Gasteiger partial charge in [0.15, 0.2) is 0 Å². The maximum absolute atomic E-state index is 9.82. The number of anilines is 1. The van der Waals surface area contributed by atoms with Gasteiger partial charge in [-0.25, -0.2) is 0 Å². The van der Waals surface area contributed by atoms with Gasteiger partial charge in [0.25, 0.3) is 0 Å². The van der Waals surface area contributed by atoms with Crippen LogP contribution in [0.2, 0.25) is 5.02 Å². The fraction of sp³-hybridized carbons (Fsp3) is 0.143. The molecule has 0 aliphatic rings. The van der Waals surface area contributed by atoms with Gasteiger partial charge in [0, 0.05) is 15.1 Å². The molecule has 0 aliphatic carbocycles. The van der Waals surface area contributed by atoms with Gasteiger partial charge in [0.1, 0.15) is 11.5 Å². The number of aromatic hydroxyl groups is 2. The molecule has 2 rings (SSSR count). The van der Waals surface area contributed by atoms with E-state index in [4.69, 9.17) is 11.6 Å². The minimum absolute atomic E-state index is 0.117. The quantitative estimate of drug-likeness (QED) is 0.709. The van der Waals surface area contributed by atoms with Crippen molar-refractivity contribution in [2.24, 2.45) is 0 Å². The number of hydrogen-bond acceptors (Lipinski definition) is 3. The Kier molecular flexibility index (Phi) is 4.22. The molecule has 2 aromatic carbocycles. The van der Waals surface area contributed by atoms with Gasteiger partial charge in [0.2, 0.25) is 0 Å². The van der Waals surface area contributed by atoms with Crippen LogP contribution in [0.5, 0.6) is 11.5 Å². The molecule has 0 fully saturated rings. The lowest BCUT2D eigenvalue weighted by Crippen LogP contribution is -2.07. The van der Waals surface area contributed by atoms with Crippen molar-refractivity contribution in [3.05, 3.63) is 51.5 Å². The summed E-state index contributed by atoms with van der Waals surface area (Å²) in [6.45, 7) is 1.89. The Morgan fingerprint density at radius 3 is 2.63 bits per heavy atom. The lowest BCUT2D eigenvalue weighted by Gasteiger charge is -2.18. The van der Waals surface area contributed by atoms with Gasteiger partial charge in [-0.3, -0.25) is 0 Å². The minimum Gasteiger partial charge on any atom is -0.508 e. The Hall–Kier alpha value is -1.39. The Morgan fingerprint density at radius 2 is 1.89 bits per heavy atom. The van der Waals surface area contributed by atoms with E-state index in [0.717, 1.165) is 10.2 Å². The highest BCUT2D eigenvalue weighted by atomic mass is 79.9. The Bertz CT molecular complexity index is 604. The van der Waals surface area contributed by atoms with Gasteiger partial charge in [-0.1, -0.05) is 11.6 Å². The molecule has 5 heteroatoms. The Labute approximate surface area is 125 Å². The molecule has 0 radical (unpaired) electrons. The average molecular weight is 343 g/mol. The first-order valence-corrected chi connectivity index (χ1v) is 6.88. The summed E-state index contributed by atoms with van der Waals surface area (Å²) in [5.41, 5.74) is 1.44. The van der Waals surface area contributed by atoms with Crippen LogP contribution in [0.1, 0.15) is 18.5 Å². The third-order valence-corrected chi connectivity index (χ3v) is 3.70. The fourth-order valence-corrected chi connectivity index (χ4v) is 2.34. The highest BCUT2D eigenvalue weighted by Gasteiger charge is 2.12. The summed E-state index contributed by atoms with van der Waals surface area (Å²) in [6.07, 6.45) is 0. The standard InChI is InChI=1S/C14H13BrClNO2/c1-8(11-7-10(18)3-5-14(11)19)17-13-6-9(16)2-4-12(13)15/h2-8,17-19H,1H3. The van der Waals surface area contributed by atoms with Crippen molar-refractivity contribution < 1.29 is 10.2 Å². The van der Waals surface area contributed by atoms with E-state index in [1.165, 1.54) is 18.2 Å². The van der Waals surface area contributed by atoms with Crippen molar-refractivity contribution in [3.8, 4) is 11.5 Å². The highest BCUT2D eigenvalue weighted by molar-refractivity contribution is 9.10. The first-order valence-electron chi connectivity index (χ1n) is 5.71. The van der Waals surface area contributed by atoms with Crippen LogP contribution in [-0.2, 0) is 0 Å². The molecule has 3 N–H and O–H groups in total. The van der Waals surface area contributed by atoms with Crippen molar-refractivity contribution in [1.29, 1.82) is 0 Å². The maximum Gasteiger partial charge on any atom is 0.121 e. The summed E-state index contributed by atoms with van der Waals surface area (Å²) < 4.78 is 0.878. The molecule has 100 valence electrons. The normalized spacial score (nSPS) is 12.2. The molecular formula is C14H13BrClNO2. The largest absolute Gasteiger partial charge is 0.508 e. The van der Waals surface area contributed by atoms with E-state index in [-0.39, 0.29) is 17.5 Å². The number of benzene rings is 2. The highest BCUT2D eigenvalue weighted by Crippen LogP contribution is 2.33. The van der Waals surface area contributed by atoms with E-state index >= 15 is 0 Å². The van der Waals surface area contributed by atoms with E-state index < -0.39 is 0 Å². The second-order valence-corrected chi connectivity index (χ2v) is 5.52. The van der Waals surface area contributed by atoms with E-state index in [2.05, 4.69) is 21.2 Å². The Balaban J connectivity index is 2.27. The molecule has 1 atom stereocenters. The molecule has 2 aromatic rings. The smallest absolute Gasteiger partial charge is 0.121 e. The average Bonchev–Trinajstić information content (AvgIpc) is 2.36. The number of nitrogens with one attached hydrogen (secondary N) is 1. The van der Waals surface area contributed by atoms with Gasteiger partial charge in [0.05, 0.1) is 11.7 Å².